The molecule has 0 aliphatic rings. The van der Waals surface area contributed by atoms with Crippen LogP contribution < -0.4 is 5.56 Å². The molecule has 4 aromatic rings. The van der Waals surface area contributed by atoms with E-state index in [1.165, 1.54) is 15.9 Å². The lowest BCUT2D eigenvalue weighted by Gasteiger charge is -2.13. The Balaban J connectivity index is 1.97. The van der Waals surface area contributed by atoms with Crippen LogP contribution in [-0.4, -0.2) is 14.5 Å². The van der Waals surface area contributed by atoms with Crippen LogP contribution in [0, 0.1) is 24.0 Å². The summed E-state index contributed by atoms with van der Waals surface area (Å²) < 4.78 is 40.8. The number of aromatic nitrogens is 2. The van der Waals surface area contributed by atoms with Crippen LogP contribution >= 0.6 is 23.1 Å². The minimum absolute atomic E-state index is 0.0438. The molecule has 0 saturated carbocycles. The van der Waals surface area contributed by atoms with Crippen LogP contribution in [0.2, 0.25) is 0 Å². The monoisotopic (exact) mass is 519 g/mol. The van der Waals surface area contributed by atoms with Gasteiger partial charge in [-0.15, -0.1) is 11.3 Å². The molecular formula is C24H20F3N3O3S2. The molecular weight excluding hydrogens is 499 g/mol. The second-order valence-electron chi connectivity index (χ2n) is 7.99. The van der Waals surface area contributed by atoms with Crippen molar-refractivity contribution in [2.75, 3.05) is 0 Å². The van der Waals surface area contributed by atoms with E-state index in [0.29, 0.717) is 22.0 Å². The third-order valence-electron chi connectivity index (χ3n) is 5.45. The van der Waals surface area contributed by atoms with Gasteiger partial charge in [0.1, 0.15) is 4.83 Å². The van der Waals surface area contributed by atoms with Gasteiger partial charge in [-0.1, -0.05) is 25.5 Å². The molecule has 4 rings (SSSR count). The smallest absolute Gasteiger partial charge is 0.268 e. The maximum atomic E-state index is 13.7. The van der Waals surface area contributed by atoms with Crippen molar-refractivity contribution < 1.29 is 18.1 Å². The topological polar surface area (TPSA) is 78.0 Å². The SMILES string of the molecule is CCCc1sc2nc(Sc3ccc(C(F)(F)F)cc3[N+](=O)[O-])n(-c3cccc(C)c3)c(=O)c2c1C. The van der Waals surface area contributed by atoms with Crippen molar-refractivity contribution in [3.05, 3.63) is 84.5 Å². The standard InChI is InChI=1S/C24H20F3N3O3S2/c1-4-6-18-14(3)20-21(34-18)28-23(29(22(20)31)16-8-5-7-13(2)11-16)35-19-10-9-15(24(25,26)27)12-17(19)30(32)33/h5,7-12H,4,6H2,1-3H3. The zero-order valence-electron chi connectivity index (χ0n) is 19.0. The van der Waals surface area contributed by atoms with Gasteiger partial charge >= 0.3 is 6.18 Å². The highest BCUT2D eigenvalue weighted by Gasteiger charge is 2.33. The Hall–Kier alpha value is -3.18. The zero-order chi connectivity index (χ0) is 25.5. The molecule has 0 unspecified atom stereocenters. The van der Waals surface area contributed by atoms with Crippen molar-refractivity contribution in [1.29, 1.82) is 0 Å². The van der Waals surface area contributed by atoms with E-state index in [0.717, 1.165) is 52.7 Å². The van der Waals surface area contributed by atoms with Gasteiger partial charge < -0.3 is 0 Å². The van der Waals surface area contributed by atoms with Crippen molar-refractivity contribution >= 4 is 39.0 Å². The Bertz CT molecular complexity index is 1510. The van der Waals surface area contributed by atoms with Crippen LogP contribution in [0.1, 0.15) is 34.9 Å². The maximum absolute atomic E-state index is 13.7. The molecule has 6 nitrogen and oxygen atoms in total. The van der Waals surface area contributed by atoms with Gasteiger partial charge in [0, 0.05) is 10.9 Å². The van der Waals surface area contributed by atoms with E-state index < -0.39 is 22.4 Å². The van der Waals surface area contributed by atoms with Crippen LogP contribution in [-0.2, 0) is 12.6 Å². The highest BCUT2D eigenvalue weighted by molar-refractivity contribution is 7.99. The van der Waals surface area contributed by atoms with E-state index in [-0.39, 0.29) is 15.6 Å². The molecule has 0 aliphatic heterocycles. The molecule has 0 saturated heterocycles. The molecule has 11 heteroatoms. The van der Waals surface area contributed by atoms with Crippen LogP contribution in [0.15, 0.2) is 57.3 Å². The van der Waals surface area contributed by atoms with Gasteiger partial charge in [0.15, 0.2) is 5.16 Å². The summed E-state index contributed by atoms with van der Waals surface area (Å²) in [4.78, 5) is 30.7. The summed E-state index contributed by atoms with van der Waals surface area (Å²) in [6.45, 7) is 5.78. The second-order valence-corrected chi connectivity index (χ2v) is 10.1. The number of nitrogens with zero attached hydrogens (tertiary/aromatic N) is 3. The van der Waals surface area contributed by atoms with E-state index in [4.69, 9.17) is 0 Å². The third kappa shape index (κ3) is 4.83. The number of hydrogen-bond donors (Lipinski definition) is 0. The lowest BCUT2D eigenvalue weighted by atomic mass is 10.1. The van der Waals surface area contributed by atoms with Crippen molar-refractivity contribution in [2.24, 2.45) is 0 Å². The first kappa shape index (κ1) is 24.9. The molecule has 2 aromatic carbocycles. The van der Waals surface area contributed by atoms with Crippen LogP contribution in [0.25, 0.3) is 15.9 Å². The number of benzene rings is 2. The van der Waals surface area contributed by atoms with Crippen LogP contribution in [0.5, 0.6) is 0 Å². The molecule has 0 fully saturated rings. The van der Waals surface area contributed by atoms with Gasteiger partial charge in [-0.05, 0) is 67.4 Å². The van der Waals surface area contributed by atoms with Crippen molar-refractivity contribution in [2.45, 2.75) is 49.8 Å². The molecule has 2 heterocycles. The highest BCUT2D eigenvalue weighted by atomic mass is 32.2. The lowest BCUT2D eigenvalue weighted by Crippen LogP contribution is -2.21. The van der Waals surface area contributed by atoms with Gasteiger partial charge in [0.05, 0.1) is 26.5 Å². The molecule has 0 aliphatic carbocycles. The molecule has 0 N–H and O–H groups in total. The van der Waals surface area contributed by atoms with Gasteiger partial charge in [-0.3, -0.25) is 19.5 Å². The van der Waals surface area contributed by atoms with E-state index in [2.05, 4.69) is 4.98 Å². The number of alkyl halides is 3. The van der Waals surface area contributed by atoms with Crippen LogP contribution in [0.4, 0.5) is 18.9 Å². The zero-order valence-corrected chi connectivity index (χ0v) is 20.6. The summed E-state index contributed by atoms with van der Waals surface area (Å²) in [5, 5.41) is 12.2. The Labute approximate surface area is 206 Å². The molecule has 0 radical (unpaired) electrons. The number of nitro groups is 1. The quantitative estimate of drug-likeness (QED) is 0.154. The molecule has 35 heavy (non-hydrogen) atoms. The Morgan fingerprint density at radius 2 is 1.91 bits per heavy atom. The maximum Gasteiger partial charge on any atom is 0.416 e. The average Bonchev–Trinajstić information content (AvgIpc) is 3.08. The minimum atomic E-state index is -4.72. The number of rotatable bonds is 6. The molecule has 0 amide bonds. The first-order valence-corrected chi connectivity index (χ1v) is 12.3. The average molecular weight is 520 g/mol. The molecule has 0 atom stereocenters. The number of thiophene rings is 1. The van der Waals surface area contributed by atoms with Crippen molar-refractivity contribution in [3.8, 4) is 5.69 Å². The normalized spacial score (nSPS) is 11.8. The third-order valence-corrected chi connectivity index (χ3v) is 7.72. The first-order chi connectivity index (χ1) is 16.5. The molecule has 2 aromatic heterocycles. The van der Waals surface area contributed by atoms with Gasteiger partial charge in [0.25, 0.3) is 11.2 Å². The fourth-order valence-corrected chi connectivity index (χ4v) is 6.07. The van der Waals surface area contributed by atoms with Crippen LogP contribution in [0.3, 0.4) is 0 Å². The predicted octanol–water partition coefficient (Wildman–Crippen LogP) is 7.09. The number of hydrogen-bond acceptors (Lipinski definition) is 6. The summed E-state index contributed by atoms with van der Waals surface area (Å²) in [5.74, 6) is 0. The number of fused-ring (bicyclic) bond motifs is 1. The number of aryl methyl sites for hydroxylation is 3. The van der Waals surface area contributed by atoms with E-state index >= 15 is 0 Å². The summed E-state index contributed by atoms with van der Waals surface area (Å²) >= 11 is 2.19. The first-order valence-electron chi connectivity index (χ1n) is 10.7. The van der Waals surface area contributed by atoms with E-state index in [1.807, 2.05) is 26.8 Å². The van der Waals surface area contributed by atoms with E-state index in [9.17, 15) is 28.1 Å². The predicted molar refractivity (Wildman–Crippen MR) is 131 cm³/mol. The summed E-state index contributed by atoms with van der Waals surface area (Å²) in [7, 11) is 0. The minimum Gasteiger partial charge on any atom is -0.268 e. The molecule has 0 spiro atoms. The number of halogens is 3. The highest BCUT2D eigenvalue weighted by Crippen LogP contribution is 2.40. The fraction of sp³-hybridized carbons (Fsp3) is 0.250. The summed E-state index contributed by atoms with van der Waals surface area (Å²) in [6.07, 6.45) is -3.05. The Morgan fingerprint density at radius 3 is 2.54 bits per heavy atom. The van der Waals surface area contributed by atoms with Gasteiger partial charge in [-0.2, -0.15) is 13.2 Å². The van der Waals surface area contributed by atoms with Gasteiger partial charge in [0.2, 0.25) is 0 Å². The van der Waals surface area contributed by atoms with E-state index in [1.54, 1.807) is 18.2 Å². The lowest BCUT2D eigenvalue weighted by molar-refractivity contribution is -0.388. The Kier molecular flexibility index (Phi) is 6.74. The number of nitro benzene ring substituents is 1. The fourth-order valence-electron chi connectivity index (χ4n) is 3.76. The molecule has 182 valence electrons. The largest absolute Gasteiger partial charge is 0.416 e. The van der Waals surface area contributed by atoms with Crippen molar-refractivity contribution in [1.82, 2.24) is 9.55 Å². The molecule has 0 bridgehead atoms. The van der Waals surface area contributed by atoms with Gasteiger partial charge in [-0.25, -0.2) is 4.98 Å². The van der Waals surface area contributed by atoms with Crippen molar-refractivity contribution in [3.63, 3.8) is 0 Å². The second kappa shape index (κ2) is 9.46. The summed E-state index contributed by atoms with van der Waals surface area (Å²) in [5.41, 5.74) is 0.107. The summed E-state index contributed by atoms with van der Waals surface area (Å²) in [6, 6.07) is 9.49. The Morgan fingerprint density at radius 1 is 1.17 bits per heavy atom.